The van der Waals surface area contributed by atoms with Crippen molar-refractivity contribution in [3.63, 3.8) is 0 Å². The minimum absolute atomic E-state index is 0.00717. The lowest BCUT2D eigenvalue weighted by atomic mass is 10.2. The number of hydrogen-bond donors (Lipinski definition) is 1. The second-order valence-corrected chi connectivity index (χ2v) is 8.74. The summed E-state index contributed by atoms with van der Waals surface area (Å²) in [5.41, 5.74) is 0.622. The van der Waals surface area contributed by atoms with Gasteiger partial charge in [-0.2, -0.15) is 0 Å². The van der Waals surface area contributed by atoms with E-state index in [4.69, 9.17) is 11.6 Å². The molecule has 0 fully saturated rings. The van der Waals surface area contributed by atoms with E-state index >= 15 is 0 Å². The molecule has 3 aromatic carbocycles. The van der Waals surface area contributed by atoms with Gasteiger partial charge in [-0.1, -0.05) is 48.0 Å². The molecule has 31 heavy (non-hydrogen) atoms. The van der Waals surface area contributed by atoms with E-state index in [0.717, 1.165) is 4.31 Å². The fraction of sp³-hybridized carbons (Fsp3) is 0.0952. The maximum atomic E-state index is 13.2. The Hall–Kier alpha value is -3.43. The third-order valence-electron chi connectivity index (χ3n) is 4.40. The molecule has 0 radical (unpaired) electrons. The lowest BCUT2D eigenvalue weighted by Gasteiger charge is -2.24. The minimum Gasteiger partial charge on any atom is -0.350 e. The number of rotatable bonds is 8. The van der Waals surface area contributed by atoms with E-state index in [0.29, 0.717) is 10.6 Å². The van der Waals surface area contributed by atoms with Crippen LogP contribution in [-0.4, -0.2) is 25.8 Å². The number of benzene rings is 3. The highest BCUT2D eigenvalue weighted by molar-refractivity contribution is 7.92. The van der Waals surface area contributed by atoms with Crippen LogP contribution in [0.25, 0.3) is 0 Å². The van der Waals surface area contributed by atoms with E-state index in [-0.39, 0.29) is 22.8 Å². The van der Waals surface area contributed by atoms with Crippen LogP contribution < -0.4 is 9.62 Å². The Balaban J connectivity index is 1.87. The number of anilines is 1. The monoisotopic (exact) mass is 459 g/mol. The zero-order valence-electron chi connectivity index (χ0n) is 16.1. The topological polar surface area (TPSA) is 110 Å². The van der Waals surface area contributed by atoms with Gasteiger partial charge < -0.3 is 5.32 Å². The van der Waals surface area contributed by atoms with Crippen molar-refractivity contribution in [2.45, 2.75) is 11.4 Å². The third kappa shape index (κ3) is 5.39. The number of carbonyl (C=O) groups excluding carboxylic acids is 1. The zero-order valence-corrected chi connectivity index (χ0v) is 17.7. The van der Waals surface area contributed by atoms with Crippen LogP contribution in [0, 0.1) is 10.1 Å². The van der Waals surface area contributed by atoms with Gasteiger partial charge in [0.25, 0.3) is 15.7 Å². The Morgan fingerprint density at radius 3 is 2.19 bits per heavy atom. The molecule has 0 saturated heterocycles. The van der Waals surface area contributed by atoms with Gasteiger partial charge in [0.1, 0.15) is 6.54 Å². The van der Waals surface area contributed by atoms with E-state index in [9.17, 15) is 23.3 Å². The first-order valence-electron chi connectivity index (χ1n) is 9.11. The number of halogens is 1. The molecule has 8 nitrogen and oxygen atoms in total. The summed E-state index contributed by atoms with van der Waals surface area (Å²) in [7, 11) is -4.10. The van der Waals surface area contributed by atoms with E-state index in [1.54, 1.807) is 42.5 Å². The van der Waals surface area contributed by atoms with Gasteiger partial charge in [-0.3, -0.25) is 19.2 Å². The van der Waals surface area contributed by atoms with E-state index in [1.807, 2.05) is 0 Å². The molecule has 160 valence electrons. The number of non-ortho nitro benzene ring substituents is 1. The fourth-order valence-corrected chi connectivity index (χ4v) is 4.44. The van der Waals surface area contributed by atoms with Crippen LogP contribution in [0.2, 0.25) is 5.02 Å². The van der Waals surface area contributed by atoms with Crippen molar-refractivity contribution in [3.05, 3.63) is 99.6 Å². The van der Waals surface area contributed by atoms with Gasteiger partial charge in [-0.25, -0.2) is 8.42 Å². The number of nitrogens with zero attached hydrogens (tertiary/aromatic N) is 2. The van der Waals surface area contributed by atoms with Crippen molar-refractivity contribution in [1.29, 1.82) is 0 Å². The molecule has 0 heterocycles. The Kier molecular flexibility index (Phi) is 6.88. The van der Waals surface area contributed by atoms with Crippen molar-refractivity contribution >= 4 is 38.9 Å². The smallest absolute Gasteiger partial charge is 0.269 e. The van der Waals surface area contributed by atoms with Gasteiger partial charge in [0, 0.05) is 23.7 Å². The fourth-order valence-electron chi connectivity index (χ4n) is 2.80. The van der Waals surface area contributed by atoms with Gasteiger partial charge in [0.05, 0.1) is 15.5 Å². The number of sulfonamides is 1. The van der Waals surface area contributed by atoms with Crippen LogP contribution in [0.3, 0.4) is 0 Å². The van der Waals surface area contributed by atoms with Gasteiger partial charge in [-0.15, -0.1) is 0 Å². The molecule has 0 spiro atoms. The lowest BCUT2D eigenvalue weighted by molar-refractivity contribution is -0.384. The average Bonchev–Trinajstić information content (AvgIpc) is 2.77. The highest BCUT2D eigenvalue weighted by atomic mass is 35.5. The molecular weight excluding hydrogens is 442 g/mol. The normalized spacial score (nSPS) is 11.0. The standard InChI is InChI=1S/C21H18ClN3O5S/c22-20-9-5-4-6-16(20)14-23-21(26)15-24(17-10-12-18(13-11-17)25(27)28)31(29,30)19-7-2-1-3-8-19/h1-13H,14-15H2,(H,23,26). The Labute approximate surface area is 184 Å². The summed E-state index contributed by atoms with van der Waals surface area (Å²) >= 11 is 6.09. The molecule has 0 unspecified atom stereocenters. The summed E-state index contributed by atoms with van der Waals surface area (Å²) in [5.74, 6) is -0.558. The van der Waals surface area contributed by atoms with E-state index < -0.39 is 27.4 Å². The average molecular weight is 460 g/mol. The molecule has 1 N–H and O–H groups in total. The third-order valence-corrected chi connectivity index (χ3v) is 6.56. The van der Waals surface area contributed by atoms with Crippen molar-refractivity contribution < 1.29 is 18.1 Å². The molecule has 10 heteroatoms. The summed E-state index contributed by atoms with van der Waals surface area (Å²) in [4.78, 5) is 22.9. The number of carbonyl (C=O) groups is 1. The number of nitro groups is 1. The first-order valence-corrected chi connectivity index (χ1v) is 10.9. The molecule has 0 bridgehead atoms. The van der Waals surface area contributed by atoms with Crippen LogP contribution in [0.5, 0.6) is 0 Å². The van der Waals surface area contributed by atoms with Gasteiger partial charge in [0.2, 0.25) is 5.91 Å². The van der Waals surface area contributed by atoms with E-state index in [1.165, 1.54) is 36.4 Å². The quantitative estimate of drug-likeness (QED) is 0.407. The molecule has 3 rings (SSSR count). The first kappa shape index (κ1) is 22.3. The van der Waals surface area contributed by atoms with Gasteiger partial charge >= 0.3 is 0 Å². The van der Waals surface area contributed by atoms with Crippen molar-refractivity contribution in [1.82, 2.24) is 5.32 Å². The summed E-state index contributed by atoms with van der Waals surface area (Å²) in [6.07, 6.45) is 0. The SMILES string of the molecule is O=C(CN(c1ccc([N+](=O)[O-])cc1)S(=O)(=O)c1ccccc1)NCc1ccccc1Cl. The Morgan fingerprint density at radius 1 is 0.968 bits per heavy atom. The molecular formula is C21H18ClN3O5S. The van der Waals surface area contributed by atoms with Gasteiger partial charge in [-0.05, 0) is 35.9 Å². The Bertz CT molecular complexity index is 1190. The lowest BCUT2D eigenvalue weighted by Crippen LogP contribution is -2.40. The van der Waals surface area contributed by atoms with Gasteiger partial charge in [0.15, 0.2) is 0 Å². The van der Waals surface area contributed by atoms with Crippen LogP contribution in [0.15, 0.2) is 83.8 Å². The summed E-state index contributed by atoms with van der Waals surface area (Å²) < 4.78 is 27.3. The van der Waals surface area contributed by atoms with Crippen LogP contribution >= 0.6 is 11.6 Å². The second kappa shape index (κ2) is 9.59. The first-order chi connectivity index (χ1) is 14.8. The second-order valence-electron chi connectivity index (χ2n) is 6.47. The largest absolute Gasteiger partial charge is 0.350 e. The Morgan fingerprint density at radius 2 is 1.58 bits per heavy atom. The minimum atomic E-state index is -4.10. The summed E-state index contributed by atoms with van der Waals surface area (Å²) in [6.45, 7) is -0.391. The predicted octanol–water partition coefficient (Wildman–Crippen LogP) is 3.76. The van der Waals surface area contributed by atoms with Crippen LogP contribution in [0.4, 0.5) is 11.4 Å². The van der Waals surface area contributed by atoms with E-state index in [2.05, 4.69) is 5.32 Å². The molecule has 0 aliphatic heterocycles. The summed E-state index contributed by atoms with van der Waals surface area (Å²) in [6, 6.07) is 19.6. The molecule has 0 aliphatic rings. The van der Waals surface area contributed by atoms with Crippen LogP contribution in [-0.2, 0) is 21.4 Å². The molecule has 0 saturated carbocycles. The maximum Gasteiger partial charge on any atom is 0.269 e. The molecule has 0 aromatic heterocycles. The van der Waals surface area contributed by atoms with Crippen LogP contribution in [0.1, 0.15) is 5.56 Å². The molecule has 0 aliphatic carbocycles. The number of nitro benzene ring substituents is 1. The number of nitrogens with one attached hydrogen (secondary N) is 1. The van der Waals surface area contributed by atoms with Crippen molar-refractivity contribution in [2.75, 3.05) is 10.8 Å². The molecule has 3 aromatic rings. The maximum absolute atomic E-state index is 13.2. The van der Waals surface area contributed by atoms with Crippen molar-refractivity contribution in [2.24, 2.45) is 0 Å². The molecule has 1 amide bonds. The highest BCUT2D eigenvalue weighted by Crippen LogP contribution is 2.25. The van der Waals surface area contributed by atoms with Crippen molar-refractivity contribution in [3.8, 4) is 0 Å². The number of amides is 1. The predicted molar refractivity (Wildman–Crippen MR) is 117 cm³/mol. The number of hydrogen-bond acceptors (Lipinski definition) is 5. The zero-order chi connectivity index (χ0) is 22.4. The highest BCUT2D eigenvalue weighted by Gasteiger charge is 2.27. The molecule has 0 atom stereocenters. The summed E-state index contributed by atoms with van der Waals surface area (Å²) in [5, 5.41) is 14.1.